The number of rotatable bonds is 5. The molecule has 2 fully saturated rings. The van der Waals surface area contributed by atoms with Gasteiger partial charge in [0.1, 0.15) is 0 Å². The highest BCUT2D eigenvalue weighted by Crippen LogP contribution is 2.19. The Kier molecular flexibility index (Phi) is 6.03. The van der Waals surface area contributed by atoms with Gasteiger partial charge in [-0.25, -0.2) is 0 Å². The van der Waals surface area contributed by atoms with Crippen molar-refractivity contribution in [3.8, 4) is 0 Å². The molecule has 1 N–H and O–H groups in total. The van der Waals surface area contributed by atoms with E-state index in [0.717, 1.165) is 52.1 Å². The van der Waals surface area contributed by atoms with Crippen molar-refractivity contribution in [3.63, 3.8) is 0 Å². The van der Waals surface area contributed by atoms with Gasteiger partial charge in [-0.15, -0.1) is 0 Å². The summed E-state index contributed by atoms with van der Waals surface area (Å²) in [7, 11) is 0. The highest BCUT2D eigenvalue weighted by atomic mass is 16.5. The monoisotopic (exact) mass is 296 g/mol. The third kappa shape index (κ3) is 4.99. The topological polar surface area (TPSA) is 58.6 Å². The maximum absolute atomic E-state index is 11.9. The number of nitrogens with one attached hydrogen (secondary N) is 1. The fourth-order valence-electron chi connectivity index (χ4n) is 3.06. The summed E-state index contributed by atoms with van der Waals surface area (Å²) < 4.78 is 5.29. The van der Waals surface area contributed by atoms with Crippen LogP contribution in [0.4, 0.5) is 0 Å². The zero-order valence-electron chi connectivity index (χ0n) is 13.3. The molecule has 1 unspecified atom stereocenters. The predicted octanol–water partition coefficient (Wildman–Crippen LogP) is 1.42. The normalized spacial score (nSPS) is 23.6. The minimum atomic E-state index is 0.0786. The molecule has 2 rings (SSSR count). The molecule has 1 atom stereocenters. The quantitative estimate of drug-likeness (QED) is 0.835. The van der Waals surface area contributed by atoms with E-state index >= 15 is 0 Å². The molecular formula is C16H28N2O3. The Morgan fingerprint density at radius 1 is 1.19 bits per heavy atom. The Balaban J connectivity index is 1.62. The first-order chi connectivity index (χ1) is 10.1. The molecule has 0 bridgehead atoms. The van der Waals surface area contributed by atoms with Gasteiger partial charge in [-0.05, 0) is 31.1 Å². The highest BCUT2D eigenvalue weighted by Gasteiger charge is 2.25. The van der Waals surface area contributed by atoms with Crippen molar-refractivity contribution in [2.24, 2.45) is 17.8 Å². The molecule has 2 aliphatic rings. The molecule has 0 aromatic heterocycles. The second kappa shape index (κ2) is 7.78. The number of hydrogen-bond acceptors (Lipinski definition) is 3. The van der Waals surface area contributed by atoms with Crippen molar-refractivity contribution in [3.05, 3.63) is 0 Å². The minimum absolute atomic E-state index is 0.0786. The van der Waals surface area contributed by atoms with Crippen LogP contribution >= 0.6 is 0 Å². The highest BCUT2D eigenvalue weighted by molar-refractivity contribution is 5.78. The molecule has 2 saturated heterocycles. The standard InChI is InChI=1S/C16H28N2O3/c1-12(2)16(20)18-6-3-13(4-7-18)10-17-15(19)9-14-5-8-21-11-14/h12-14H,3-11H2,1-2H3,(H,17,19). The summed E-state index contributed by atoms with van der Waals surface area (Å²) in [5.41, 5.74) is 0. The minimum Gasteiger partial charge on any atom is -0.381 e. The first-order valence-electron chi connectivity index (χ1n) is 8.19. The van der Waals surface area contributed by atoms with Crippen molar-refractivity contribution in [1.82, 2.24) is 10.2 Å². The second-order valence-corrected chi connectivity index (χ2v) is 6.66. The van der Waals surface area contributed by atoms with E-state index in [0.29, 0.717) is 18.3 Å². The van der Waals surface area contributed by atoms with Gasteiger partial charge in [0.25, 0.3) is 0 Å². The molecule has 2 heterocycles. The van der Waals surface area contributed by atoms with Gasteiger partial charge in [0, 0.05) is 45.2 Å². The van der Waals surface area contributed by atoms with Gasteiger partial charge in [0.15, 0.2) is 0 Å². The number of ether oxygens (including phenoxy) is 1. The van der Waals surface area contributed by atoms with E-state index in [-0.39, 0.29) is 17.7 Å². The summed E-state index contributed by atoms with van der Waals surface area (Å²) in [5.74, 6) is 1.38. The van der Waals surface area contributed by atoms with Gasteiger partial charge in [-0.2, -0.15) is 0 Å². The van der Waals surface area contributed by atoms with E-state index in [2.05, 4.69) is 5.32 Å². The third-order valence-electron chi connectivity index (χ3n) is 4.51. The lowest BCUT2D eigenvalue weighted by molar-refractivity contribution is -0.136. The van der Waals surface area contributed by atoms with Crippen LogP contribution in [-0.4, -0.2) is 49.6 Å². The Labute approximate surface area is 127 Å². The number of nitrogens with zero attached hydrogens (tertiary/aromatic N) is 1. The Hall–Kier alpha value is -1.10. The van der Waals surface area contributed by atoms with Gasteiger partial charge >= 0.3 is 0 Å². The summed E-state index contributed by atoms with van der Waals surface area (Å²) in [6.07, 6.45) is 3.57. The molecule has 0 spiro atoms. The van der Waals surface area contributed by atoms with Crippen molar-refractivity contribution >= 4 is 11.8 Å². The van der Waals surface area contributed by atoms with Crippen molar-refractivity contribution in [2.75, 3.05) is 32.8 Å². The lowest BCUT2D eigenvalue weighted by Crippen LogP contribution is -2.43. The zero-order valence-corrected chi connectivity index (χ0v) is 13.3. The van der Waals surface area contributed by atoms with Crippen LogP contribution < -0.4 is 5.32 Å². The molecular weight excluding hydrogens is 268 g/mol. The number of likely N-dealkylation sites (tertiary alicyclic amines) is 1. The van der Waals surface area contributed by atoms with Gasteiger partial charge in [-0.1, -0.05) is 13.8 Å². The molecule has 0 aromatic rings. The molecule has 5 nitrogen and oxygen atoms in total. The number of carbonyl (C=O) groups excluding carboxylic acids is 2. The van der Waals surface area contributed by atoms with Gasteiger partial charge < -0.3 is 15.0 Å². The van der Waals surface area contributed by atoms with E-state index in [1.54, 1.807) is 0 Å². The lowest BCUT2D eigenvalue weighted by atomic mass is 9.95. The Bertz CT molecular complexity index is 357. The molecule has 2 amide bonds. The molecule has 120 valence electrons. The first kappa shape index (κ1) is 16.3. The van der Waals surface area contributed by atoms with Crippen LogP contribution in [0.25, 0.3) is 0 Å². The van der Waals surface area contributed by atoms with Gasteiger partial charge in [0.2, 0.25) is 11.8 Å². The van der Waals surface area contributed by atoms with Crippen LogP contribution in [0.3, 0.4) is 0 Å². The smallest absolute Gasteiger partial charge is 0.225 e. The number of hydrogen-bond donors (Lipinski definition) is 1. The maximum atomic E-state index is 11.9. The molecule has 0 aliphatic carbocycles. The fraction of sp³-hybridized carbons (Fsp3) is 0.875. The molecule has 0 aromatic carbocycles. The van der Waals surface area contributed by atoms with E-state index in [9.17, 15) is 9.59 Å². The first-order valence-corrected chi connectivity index (χ1v) is 8.19. The van der Waals surface area contributed by atoms with Crippen LogP contribution in [0.1, 0.15) is 39.5 Å². The Morgan fingerprint density at radius 2 is 1.90 bits per heavy atom. The van der Waals surface area contributed by atoms with Crippen LogP contribution in [0.2, 0.25) is 0 Å². The van der Waals surface area contributed by atoms with E-state index < -0.39 is 0 Å². The summed E-state index contributed by atoms with van der Waals surface area (Å²) >= 11 is 0. The maximum Gasteiger partial charge on any atom is 0.225 e. The van der Waals surface area contributed by atoms with Crippen LogP contribution in [0.15, 0.2) is 0 Å². The molecule has 5 heteroatoms. The fourth-order valence-corrected chi connectivity index (χ4v) is 3.06. The van der Waals surface area contributed by atoms with Crippen molar-refractivity contribution in [2.45, 2.75) is 39.5 Å². The number of piperidine rings is 1. The average molecular weight is 296 g/mol. The van der Waals surface area contributed by atoms with Crippen LogP contribution in [0.5, 0.6) is 0 Å². The summed E-state index contributed by atoms with van der Waals surface area (Å²) in [4.78, 5) is 25.7. The van der Waals surface area contributed by atoms with E-state index in [1.165, 1.54) is 0 Å². The average Bonchev–Trinajstić information content (AvgIpc) is 2.97. The summed E-state index contributed by atoms with van der Waals surface area (Å²) in [5, 5.41) is 3.05. The Morgan fingerprint density at radius 3 is 2.48 bits per heavy atom. The molecule has 2 aliphatic heterocycles. The van der Waals surface area contributed by atoms with E-state index in [1.807, 2.05) is 18.7 Å². The molecule has 21 heavy (non-hydrogen) atoms. The van der Waals surface area contributed by atoms with Crippen molar-refractivity contribution < 1.29 is 14.3 Å². The summed E-state index contributed by atoms with van der Waals surface area (Å²) in [6.45, 7) is 7.81. The lowest BCUT2D eigenvalue weighted by Gasteiger charge is -2.33. The van der Waals surface area contributed by atoms with Crippen LogP contribution in [0, 0.1) is 17.8 Å². The predicted molar refractivity (Wildman–Crippen MR) is 80.7 cm³/mol. The molecule has 0 saturated carbocycles. The van der Waals surface area contributed by atoms with E-state index in [4.69, 9.17) is 4.74 Å². The van der Waals surface area contributed by atoms with Crippen LogP contribution in [-0.2, 0) is 14.3 Å². The molecule has 0 radical (unpaired) electrons. The van der Waals surface area contributed by atoms with Gasteiger partial charge in [0.05, 0.1) is 0 Å². The zero-order chi connectivity index (χ0) is 15.2. The number of amides is 2. The largest absolute Gasteiger partial charge is 0.381 e. The SMILES string of the molecule is CC(C)C(=O)N1CCC(CNC(=O)CC2CCOC2)CC1. The second-order valence-electron chi connectivity index (χ2n) is 6.66. The summed E-state index contributed by atoms with van der Waals surface area (Å²) in [6, 6.07) is 0. The van der Waals surface area contributed by atoms with Gasteiger partial charge in [-0.3, -0.25) is 9.59 Å². The number of carbonyl (C=O) groups is 2. The van der Waals surface area contributed by atoms with Crippen molar-refractivity contribution in [1.29, 1.82) is 0 Å². The third-order valence-corrected chi connectivity index (χ3v) is 4.51.